The highest BCUT2D eigenvalue weighted by molar-refractivity contribution is 14.1. The molecule has 0 saturated heterocycles. The maximum absolute atomic E-state index is 2.41. The van der Waals surface area contributed by atoms with Crippen LogP contribution < -0.4 is 0 Å². The summed E-state index contributed by atoms with van der Waals surface area (Å²) in [5.74, 6) is 0. The van der Waals surface area contributed by atoms with Crippen LogP contribution in [0.4, 0.5) is 0 Å². The zero-order chi connectivity index (χ0) is 8.69. The SMILES string of the molecule is CN(CI)CCN(C)CCI. The number of alkyl halides is 2. The van der Waals surface area contributed by atoms with E-state index in [1.165, 1.54) is 24.1 Å². The van der Waals surface area contributed by atoms with Crippen molar-refractivity contribution < 1.29 is 0 Å². The van der Waals surface area contributed by atoms with Crippen LogP contribution >= 0.6 is 45.2 Å². The largest absolute Gasteiger partial charge is 0.304 e. The van der Waals surface area contributed by atoms with E-state index < -0.39 is 0 Å². The van der Waals surface area contributed by atoms with Crippen LogP contribution in [0.2, 0.25) is 0 Å². The molecule has 0 amide bonds. The van der Waals surface area contributed by atoms with Crippen LogP contribution in [-0.4, -0.2) is 52.5 Å². The molecular weight excluding hydrogens is 366 g/mol. The van der Waals surface area contributed by atoms with Crippen molar-refractivity contribution in [3.05, 3.63) is 0 Å². The number of hydrogen-bond donors (Lipinski definition) is 0. The molecule has 2 nitrogen and oxygen atoms in total. The summed E-state index contributed by atoms with van der Waals surface area (Å²) in [5.41, 5.74) is 0. The van der Waals surface area contributed by atoms with E-state index in [1.807, 2.05) is 0 Å². The lowest BCUT2D eigenvalue weighted by Gasteiger charge is -2.19. The number of nitrogens with zero attached hydrogens (tertiary/aromatic N) is 2. The second-order valence-corrected chi connectivity index (χ2v) is 4.45. The first-order valence-electron chi connectivity index (χ1n) is 3.69. The third kappa shape index (κ3) is 7.73. The number of hydrogen-bond acceptors (Lipinski definition) is 2. The van der Waals surface area contributed by atoms with E-state index >= 15 is 0 Å². The lowest BCUT2D eigenvalue weighted by Crippen LogP contribution is -2.31. The molecule has 0 heterocycles. The van der Waals surface area contributed by atoms with E-state index in [1.54, 1.807) is 0 Å². The number of halogens is 2. The van der Waals surface area contributed by atoms with Gasteiger partial charge in [0, 0.05) is 24.1 Å². The highest BCUT2D eigenvalue weighted by Gasteiger charge is 1.98. The van der Waals surface area contributed by atoms with Crippen LogP contribution in [0.5, 0.6) is 0 Å². The van der Waals surface area contributed by atoms with Gasteiger partial charge in [0.2, 0.25) is 0 Å². The first-order chi connectivity index (χ1) is 5.20. The second-order valence-electron chi connectivity index (χ2n) is 2.69. The van der Waals surface area contributed by atoms with Gasteiger partial charge in [0.1, 0.15) is 0 Å². The summed E-state index contributed by atoms with van der Waals surface area (Å²) in [6.07, 6.45) is 0. The molecule has 0 aliphatic carbocycles. The zero-order valence-electron chi connectivity index (χ0n) is 7.19. The highest BCUT2D eigenvalue weighted by atomic mass is 127. The molecule has 0 aromatic carbocycles. The Bertz CT molecular complexity index is 90.5. The molecule has 0 aromatic heterocycles. The van der Waals surface area contributed by atoms with Gasteiger partial charge >= 0.3 is 0 Å². The fourth-order valence-electron chi connectivity index (χ4n) is 0.657. The van der Waals surface area contributed by atoms with Crippen molar-refractivity contribution in [2.24, 2.45) is 0 Å². The molecule has 0 fully saturated rings. The Balaban J connectivity index is 3.22. The molecule has 0 aliphatic heterocycles. The monoisotopic (exact) mass is 382 g/mol. The van der Waals surface area contributed by atoms with E-state index in [2.05, 4.69) is 69.1 Å². The minimum Gasteiger partial charge on any atom is -0.304 e. The van der Waals surface area contributed by atoms with Gasteiger partial charge in [0.15, 0.2) is 0 Å². The van der Waals surface area contributed by atoms with Gasteiger partial charge in [-0.3, -0.25) is 4.90 Å². The molecule has 0 spiro atoms. The molecule has 0 aliphatic rings. The van der Waals surface area contributed by atoms with Crippen LogP contribution in [0.1, 0.15) is 0 Å². The molecular formula is C7H16I2N2. The third-order valence-corrected chi connectivity index (χ3v) is 3.18. The van der Waals surface area contributed by atoms with Gasteiger partial charge in [-0.15, -0.1) is 0 Å². The molecule has 68 valence electrons. The van der Waals surface area contributed by atoms with E-state index in [0.29, 0.717) is 0 Å². The average Bonchev–Trinajstić information content (AvgIpc) is 2.01. The van der Waals surface area contributed by atoms with Crippen molar-refractivity contribution in [2.45, 2.75) is 0 Å². The van der Waals surface area contributed by atoms with E-state index in [9.17, 15) is 0 Å². The van der Waals surface area contributed by atoms with Gasteiger partial charge in [-0.05, 0) is 14.1 Å². The predicted octanol–water partition coefficient (Wildman–Crippen LogP) is 1.68. The standard InChI is InChI=1S/C7H16I2N2/c1-10(4-3-8)5-6-11(2)7-9/h3-7H2,1-2H3. The smallest absolute Gasteiger partial charge is 0.0503 e. The summed E-state index contributed by atoms with van der Waals surface area (Å²) in [4.78, 5) is 4.69. The quantitative estimate of drug-likeness (QED) is 0.392. The maximum Gasteiger partial charge on any atom is 0.0503 e. The van der Waals surface area contributed by atoms with Crippen LogP contribution in [0, 0.1) is 0 Å². The first kappa shape index (κ1) is 12.4. The van der Waals surface area contributed by atoms with Crippen molar-refractivity contribution in [2.75, 3.05) is 42.7 Å². The minimum absolute atomic E-state index is 1.12. The molecule has 0 bridgehead atoms. The van der Waals surface area contributed by atoms with Crippen molar-refractivity contribution in [3.63, 3.8) is 0 Å². The van der Waals surface area contributed by atoms with Gasteiger partial charge in [-0.1, -0.05) is 45.2 Å². The van der Waals surface area contributed by atoms with Crippen LogP contribution in [0.15, 0.2) is 0 Å². The van der Waals surface area contributed by atoms with Crippen molar-refractivity contribution in [1.82, 2.24) is 9.80 Å². The normalized spacial score (nSPS) is 11.5. The number of likely N-dealkylation sites (N-methyl/N-ethyl adjacent to an activating group) is 2. The molecule has 0 saturated carbocycles. The van der Waals surface area contributed by atoms with Gasteiger partial charge in [0.05, 0.1) is 4.55 Å². The summed E-state index contributed by atoms with van der Waals surface area (Å²) in [6, 6.07) is 0. The maximum atomic E-state index is 2.41. The lowest BCUT2D eigenvalue weighted by molar-refractivity contribution is 0.292. The fraction of sp³-hybridized carbons (Fsp3) is 1.00. The van der Waals surface area contributed by atoms with Gasteiger partial charge in [0.25, 0.3) is 0 Å². The summed E-state index contributed by atoms with van der Waals surface area (Å²) < 4.78 is 2.35. The Hall–Kier alpha value is 1.38. The molecule has 4 heteroatoms. The molecule has 0 aromatic rings. The molecule has 11 heavy (non-hydrogen) atoms. The Labute approximate surface area is 97.0 Å². The van der Waals surface area contributed by atoms with Crippen molar-refractivity contribution in [1.29, 1.82) is 0 Å². The van der Waals surface area contributed by atoms with Gasteiger partial charge < -0.3 is 4.90 Å². The molecule has 0 atom stereocenters. The summed E-state index contributed by atoms with van der Waals surface area (Å²) in [6.45, 7) is 3.56. The van der Waals surface area contributed by atoms with Crippen molar-refractivity contribution in [3.8, 4) is 0 Å². The third-order valence-electron chi connectivity index (χ3n) is 1.53. The summed E-state index contributed by atoms with van der Waals surface area (Å²) in [7, 11) is 4.34. The Morgan fingerprint density at radius 2 is 1.45 bits per heavy atom. The first-order valence-corrected chi connectivity index (χ1v) is 6.75. The fourth-order valence-corrected chi connectivity index (χ4v) is 1.82. The molecule has 0 radical (unpaired) electrons. The Morgan fingerprint density at radius 1 is 0.909 bits per heavy atom. The average molecular weight is 382 g/mol. The van der Waals surface area contributed by atoms with Crippen LogP contribution in [-0.2, 0) is 0 Å². The van der Waals surface area contributed by atoms with E-state index in [-0.39, 0.29) is 0 Å². The van der Waals surface area contributed by atoms with Crippen LogP contribution in [0.3, 0.4) is 0 Å². The highest BCUT2D eigenvalue weighted by Crippen LogP contribution is 1.91. The van der Waals surface area contributed by atoms with Gasteiger partial charge in [-0.25, -0.2) is 0 Å². The van der Waals surface area contributed by atoms with Gasteiger partial charge in [-0.2, -0.15) is 0 Å². The topological polar surface area (TPSA) is 6.48 Å². The molecule has 0 N–H and O–H groups in total. The van der Waals surface area contributed by atoms with Crippen molar-refractivity contribution >= 4 is 45.2 Å². The van der Waals surface area contributed by atoms with Crippen LogP contribution in [0.25, 0.3) is 0 Å². The second kappa shape index (κ2) is 8.00. The number of rotatable bonds is 6. The zero-order valence-corrected chi connectivity index (χ0v) is 11.5. The summed E-state index contributed by atoms with van der Waals surface area (Å²) in [5, 5.41) is 0. The molecule has 0 rings (SSSR count). The lowest BCUT2D eigenvalue weighted by atomic mass is 10.5. The Morgan fingerprint density at radius 3 is 1.91 bits per heavy atom. The minimum atomic E-state index is 1.12. The summed E-state index contributed by atoms with van der Waals surface area (Å²) >= 11 is 4.80. The Kier molecular flexibility index (Phi) is 9.00. The van der Waals surface area contributed by atoms with E-state index in [4.69, 9.17) is 0 Å². The predicted molar refractivity (Wildman–Crippen MR) is 67.9 cm³/mol. The van der Waals surface area contributed by atoms with E-state index in [0.717, 1.165) is 4.55 Å². The molecule has 0 unspecified atom stereocenters.